The number of aryl methyl sites for hydroxylation is 2. The molecule has 1 fully saturated rings. The Bertz CT molecular complexity index is 1040. The predicted molar refractivity (Wildman–Crippen MR) is 126 cm³/mol. The van der Waals surface area contributed by atoms with E-state index in [1.54, 1.807) is 20.7 Å². The van der Waals surface area contributed by atoms with Crippen LogP contribution < -0.4 is 5.56 Å². The second-order valence-corrected chi connectivity index (χ2v) is 10.3. The minimum absolute atomic E-state index is 0.0779. The second-order valence-electron chi connectivity index (χ2n) is 9.30. The number of ether oxygens (including phenoxy) is 1. The van der Waals surface area contributed by atoms with Gasteiger partial charge in [-0.05, 0) is 46.1 Å². The first kappa shape index (κ1) is 24.2. The summed E-state index contributed by atoms with van der Waals surface area (Å²) in [5, 5.41) is 0.544. The average molecular weight is 463 g/mol. The highest BCUT2D eigenvalue weighted by molar-refractivity contribution is 7.20. The van der Waals surface area contributed by atoms with Gasteiger partial charge in [-0.3, -0.25) is 14.2 Å². The third kappa shape index (κ3) is 5.49. The van der Waals surface area contributed by atoms with Crippen LogP contribution in [-0.4, -0.2) is 63.1 Å². The Morgan fingerprint density at radius 3 is 2.50 bits per heavy atom. The van der Waals surface area contributed by atoms with E-state index >= 15 is 0 Å². The van der Waals surface area contributed by atoms with Crippen molar-refractivity contribution >= 4 is 33.6 Å². The molecule has 3 rings (SSSR count). The van der Waals surface area contributed by atoms with Crippen molar-refractivity contribution in [3.8, 4) is 0 Å². The van der Waals surface area contributed by atoms with Gasteiger partial charge in [0, 0.05) is 32.7 Å². The van der Waals surface area contributed by atoms with Gasteiger partial charge in [0.25, 0.3) is 11.5 Å². The number of rotatable bonds is 5. The van der Waals surface area contributed by atoms with E-state index in [9.17, 15) is 14.4 Å². The lowest BCUT2D eigenvalue weighted by Gasteiger charge is -2.26. The minimum atomic E-state index is -0.552. The Balaban J connectivity index is 1.76. The van der Waals surface area contributed by atoms with Gasteiger partial charge in [0.05, 0.1) is 16.6 Å². The fourth-order valence-corrected chi connectivity index (χ4v) is 4.94. The van der Waals surface area contributed by atoms with E-state index in [0.717, 1.165) is 19.3 Å². The fraction of sp³-hybridized carbons (Fsp3) is 0.652. The highest BCUT2D eigenvalue weighted by Gasteiger charge is 2.28. The summed E-state index contributed by atoms with van der Waals surface area (Å²) in [4.78, 5) is 47.8. The standard InChI is InChI=1S/C23H34N4O4S/c1-6-7-8-10-27-15-24-19-17(20(27)28)16(2)18(32-19)21(29)25-11-9-12-26(14-13-25)22(30)31-23(3,4)5/h15H,6-14H2,1-5H3. The molecule has 2 aromatic heterocycles. The molecular formula is C23H34N4O4S. The van der Waals surface area contributed by atoms with Crippen LogP contribution in [0.5, 0.6) is 0 Å². The van der Waals surface area contributed by atoms with Crippen molar-refractivity contribution < 1.29 is 14.3 Å². The molecule has 176 valence electrons. The first-order valence-corrected chi connectivity index (χ1v) is 12.2. The lowest BCUT2D eigenvalue weighted by molar-refractivity contribution is 0.0255. The molecule has 1 aliphatic heterocycles. The van der Waals surface area contributed by atoms with E-state index in [-0.39, 0.29) is 17.6 Å². The van der Waals surface area contributed by atoms with Crippen molar-refractivity contribution in [2.75, 3.05) is 26.2 Å². The van der Waals surface area contributed by atoms with Crippen LogP contribution in [0.4, 0.5) is 4.79 Å². The Morgan fingerprint density at radius 1 is 1.12 bits per heavy atom. The molecule has 0 spiro atoms. The topological polar surface area (TPSA) is 84.7 Å². The van der Waals surface area contributed by atoms with Crippen LogP contribution in [-0.2, 0) is 11.3 Å². The molecular weight excluding hydrogens is 428 g/mol. The Labute approximate surface area is 193 Å². The third-order valence-corrected chi connectivity index (χ3v) is 6.74. The number of carbonyl (C=O) groups excluding carboxylic acids is 2. The van der Waals surface area contributed by atoms with Gasteiger partial charge >= 0.3 is 6.09 Å². The second kappa shape index (κ2) is 10.0. The summed E-state index contributed by atoms with van der Waals surface area (Å²) in [5.74, 6) is -0.103. The molecule has 9 heteroatoms. The van der Waals surface area contributed by atoms with Crippen molar-refractivity contribution in [1.29, 1.82) is 0 Å². The smallest absolute Gasteiger partial charge is 0.410 e. The molecule has 0 N–H and O–H groups in total. The average Bonchev–Trinajstić information content (AvgIpc) is 2.89. The maximum Gasteiger partial charge on any atom is 0.410 e. The van der Waals surface area contributed by atoms with Crippen LogP contribution in [0, 0.1) is 6.92 Å². The van der Waals surface area contributed by atoms with Crippen LogP contribution in [0.2, 0.25) is 0 Å². The van der Waals surface area contributed by atoms with Crippen LogP contribution in [0.1, 0.15) is 68.6 Å². The van der Waals surface area contributed by atoms with Crippen molar-refractivity contribution in [1.82, 2.24) is 19.4 Å². The third-order valence-electron chi connectivity index (χ3n) is 5.55. The van der Waals surface area contributed by atoms with Crippen LogP contribution in [0.15, 0.2) is 11.1 Å². The molecule has 0 bridgehead atoms. The molecule has 2 aromatic rings. The molecule has 0 radical (unpaired) electrons. The highest BCUT2D eigenvalue weighted by atomic mass is 32.1. The molecule has 0 saturated carbocycles. The predicted octanol–water partition coefficient (Wildman–Crippen LogP) is 4.04. The summed E-state index contributed by atoms with van der Waals surface area (Å²) in [5.41, 5.74) is 0.0697. The van der Waals surface area contributed by atoms with E-state index in [1.807, 2.05) is 27.7 Å². The van der Waals surface area contributed by atoms with E-state index in [1.165, 1.54) is 11.3 Å². The molecule has 3 heterocycles. The molecule has 1 saturated heterocycles. The number of hydrogen-bond donors (Lipinski definition) is 0. The normalized spacial score (nSPS) is 15.2. The first-order valence-electron chi connectivity index (χ1n) is 11.4. The van der Waals surface area contributed by atoms with Crippen molar-refractivity contribution in [2.45, 2.75) is 72.4 Å². The van der Waals surface area contributed by atoms with Gasteiger partial charge in [0.15, 0.2) is 0 Å². The number of nitrogens with zero attached hydrogens (tertiary/aromatic N) is 4. The molecule has 1 aliphatic rings. The van der Waals surface area contributed by atoms with Gasteiger partial charge in [-0.1, -0.05) is 19.8 Å². The zero-order valence-electron chi connectivity index (χ0n) is 19.8. The Kier molecular flexibility index (Phi) is 7.59. The summed E-state index contributed by atoms with van der Waals surface area (Å²) >= 11 is 1.28. The molecule has 32 heavy (non-hydrogen) atoms. The van der Waals surface area contributed by atoms with Gasteiger partial charge in [0.2, 0.25) is 0 Å². The summed E-state index contributed by atoms with van der Waals surface area (Å²) in [6, 6.07) is 0. The highest BCUT2D eigenvalue weighted by Crippen LogP contribution is 2.28. The summed E-state index contributed by atoms with van der Waals surface area (Å²) < 4.78 is 7.12. The Hall–Kier alpha value is -2.42. The number of carbonyl (C=O) groups is 2. The number of hydrogen-bond acceptors (Lipinski definition) is 6. The van der Waals surface area contributed by atoms with Crippen LogP contribution in [0.3, 0.4) is 0 Å². The van der Waals surface area contributed by atoms with E-state index in [0.29, 0.717) is 59.8 Å². The monoisotopic (exact) mass is 462 g/mol. The van der Waals surface area contributed by atoms with E-state index in [4.69, 9.17) is 4.74 Å². The number of fused-ring (bicyclic) bond motifs is 1. The molecule has 0 aromatic carbocycles. The largest absolute Gasteiger partial charge is 0.444 e. The summed E-state index contributed by atoms with van der Waals surface area (Å²) in [6.07, 6.45) is 5.00. The molecule has 2 amide bonds. The first-order chi connectivity index (χ1) is 15.1. The van der Waals surface area contributed by atoms with E-state index in [2.05, 4.69) is 11.9 Å². The van der Waals surface area contributed by atoms with E-state index < -0.39 is 5.60 Å². The SMILES string of the molecule is CCCCCn1cnc2sc(C(=O)N3CCCN(C(=O)OC(C)(C)C)CC3)c(C)c2c1=O. The number of unbranched alkanes of at least 4 members (excludes halogenated alkanes) is 2. The summed E-state index contributed by atoms with van der Waals surface area (Å²) in [7, 11) is 0. The number of thiophene rings is 1. The molecule has 0 aliphatic carbocycles. The summed E-state index contributed by atoms with van der Waals surface area (Å²) in [6.45, 7) is 12.1. The van der Waals surface area contributed by atoms with Crippen molar-refractivity contribution in [3.05, 3.63) is 27.1 Å². The maximum atomic E-state index is 13.3. The molecule has 0 unspecified atom stereocenters. The Morgan fingerprint density at radius 2 is 1.81 bits per heavy atom. The zero-order chi connectivity index (χ0) is 23.5. The van der Waals surface area contributed by atoms with Gasteiger partial charge in [-0.15, -0.1) is 11.3 Å². The van der Waals surface area contributed by atoms with Gasteiger partial charge in [-0.2, -0.15) is 0 Å². The van der Waals surface area contributed by atoms with Gasteiger partial charge in [0.1, 0.15) is 10.4 Å². The lowest BCUT2D eigenvalue weighted by Crippen LogP contribution is -2.40. The zero-order valence-corrected chi connectivity index (χ0v) is 20.6. The maximum absolute atomic E-state index is 13.3. The minimum Gasteiger partial charge on any atom is -0.444 e. The number of aromatic nitrogens is 2. The van der Waals surface area contributed by atoms with Crippen molar-refractivity contribution in [3.63, 3.8) is 0 Å². The lowest BCUT2D eigenvalue weighted by atomic mass is 10.2. The van der Waals surface area contributed by atoms with Gasteiger partial charge < -0.3 is 14.5 Å². The van der Waals surface area contributed by atoms with Crippen LogP contribution >= 0.6 is 11.3 Å². The number of amides is 2. The fourth-order valence-electron chi connectivity index (χ4n) is 3.83. The van der Waals surface area contributed by atoms with Crippen molar-refractivity contribution in [2.24, 2.45) is 0 Å². The quantitative estimate of drug-likeness (QED) is 0.626. The molecule has 8 nitrogen and oxygen atoms in total. The van der Waals surface area contributed by atoms with Gasteiger partial charge in [-0.25, -0.2) is 9.78 Å². The molecule has 0 atom stereocenters. The van der Waals surface area contributed by atoms with Crippen LogP contribution in [0.25, 0.3) is 10.2 Å².